The van der Waals surface area contributed by atoms with Crippen molar-refractivity contribution in [1.29, 1.82) is 0 Å². The average Bonchev–Trinajstić information content (AvgIpc) is 3.13. The van der Waals surface area contributed by atoms with Crippen LogP contribution in [0.3, 0.4) is 0 Å². The van der Waals surface area contributed by atoms with Crippen LogP contribution >= 0.6 is 15.9 Å². The van der Waals surface area contributed by atoms with Gasteiger partial charge in [-0.2, -0.15) is 0 Å². The quantitative estimate of drug-likeness (QED) is 0.288. The third kappa shape index (κ3) is 5.09. The Bertz CT molecular complexity index is 1270. The van der Waals surface area contributed by atoms with Gasteiger partial charge in [0.25, 0.3) is 5.91 Å². The monoisotopic (exact) mass is 543 g/mol. The molecule has 0 saturated carbocycles. The van der Waals surface area contributed by atoms with Crippen molar-refractivity contribution >= 4 is 32.8 Å². The van der Waals surface area contributed by atoms with Crippen LogP contribution in [0.5, 0.6) is 11.5 Å². The Balaban J connectivity index is 1.84. The number of unbranched alkanes of at least 4 members (excludes halogenated alkanes) is 1. The van der Waals surface area contributed by atoms with Gasteiger partial charge >= 0.3 is 0 Å². The average molecular weight is 544 g/mol. The van der Waals surface area contributed by atoms with Crippen LogP contribution in [0, 0.1) is 0 Å². The number of benzene rings is 2. The van der Waals surface area contributed by atoms with Gasteiger partial charge in [0.2, 0.25) is 5.76 Å². The summed E-state index contributed by atoms with van der Waals surface area (Å²) in [6.45, 7) is 5.99. The molecule has 3 aromatic rings. The first-order valence-electron chi connectivity index (χ1n) is 12.0. The van der Waals surface area contributed by atoms with Gasteiger partial charge in [-0.25, -0.2) is 0 Å². The Morgan fingerprint density at radius 1 is 1.00 bits per heavy atom. The molecule has 1 aliphatic heterocycles. The Labute approximate surface area is 213 Å². The second-order valence-electron chi connectivity index (χ2n) is 8.40. The van der Waals surface area contributed by atoms with Crippen molar-refractivity contribution in [2.45, 2.75) is 39.2 Å². The molecule has 35 heavy (non-hydrogen) atoms. The molecule has 1 amide bonds. The third-order valence-corrected chi connectivity index (χ3v) is 6.51. The van der Waals surface area contributed by atoms with Crippen molar-refractivity contribution in [3.05, 3.63) is 68.0 Å². The maximum absolute atomic E-state index is 13.7. The fourth-order valence-corrected chi connectivity index (χ4v) is 4.72. The molecule has 0 aliphatic carbocycles. The molecule has 8 heteroatoms. The zero-order valence-electron chi connectivity index (χ0n) is 20.3. The largest absolute Gasteiger partial charge is 0.490 e. The lowest BCUT2D eigenvalue weighted by Crippen LogP contribution is -2.31. The van der Waals surface area contributed by atoms with Crippen LogP contribution in [-0.2, 0) is 4.74 Å². The number of rotatable bonds is 11. The molecule has 1 aliphatic rings. The SMILES string of the molecule is CCCCOc1ccc(C2c3c(oc4ccc(Br)cc4c3=O)C(=O)N2CCCOC)cc1OCC. The van der Waals surface area contributed by atoms with Gasteiger partial charge in [-0.1, -0.05) is 35.3 Å². The van der Waals surface area contributed by atoms with Crippen molar-refractivity contribution in [1.82, 2.24) is 4.90 Å². The van der Waals surface area contributed by atoms with Gasteiger partial charge in [0.1, 0.15) is 5.58 Å². The van der Waals surface area contributed by atoms with Gasteiger partial charge < -0.3 is 23.5 Å². The van der Waals surface area contributed by atoms with Crippen LogP contribution in [0.15, 0.2) is 50.1 Å². The topological polar surface area (TPSA) is 78.2 Å². The Hall–Kier alpha value is -2.84. The zero-order valence-corrected chi connectivity index (χ0v) is 21.9. The van der Waals surface area contributed by atoms with E-state index in [9.17, 15) is 9.59 Å². The van der Waals surface area contributed by atoms with Gasteiger partial charge in [0.05, 0.1) is 30.2 Å². The van der Waals surface area contributed by atoms with Crippen LogP contribution in [-0.4, -0.2) is 44.3 Å². The molecule has 186 valence electrons. The number of hydrogen-bond donors (Lipinski definition) is 0. The van der Waals surface area contributed by atoms with Crippen LogP contribution in [0.4, 0.5) is 0 Å². The second-order valence-corrected chi connectivity index (χ2v) is 9.32. The highest BCUT2D eigenvalue weighted by Crippen LogP contribution is 2.41. The van der Waals surface area contributed by atoms with E-state index in [1.54, 1.807) is 30.2 Å². The number of ether oxygens (including phenoxy) is 3. The molecule has 0 radical (unpaired) electrons. The summed E-state index contributed by atoms with van der Waals surface area (Å²) in [5.74, 6) is 1.03. The minimum absolute atomic E-state index is 0.0912. The smallest absolute Gasteiger partial charge is 0.290 e. The van der Waals surface area contributed by atoms with E-state index in [4.69, 9.17) is 18.6 Å². The number of fused-ring (bicyclic) bond motifs is 2. The molecule has 0 spiro atoms. The third-order valence-electron chi connectivity index (χ3n) is 6.01. The summed E-state index contributed by atoms with van der Waals surface area (Å²) in [6, 6.07) is 10.2. The number of carbonyl (C=O) groups excluding carboxylic acids is 1. The summed E-state index contributed by atoms with van der Waals surface area (Å²) in [4.78, 5) is 28.9. The van der Waals surface area contributed by atoms with Gasteiger partial charge in [-0.3, -0.25) is 9.59 Å². The molecule has 0 bridgehead atoms. The molecule has 1 aromatic heterocycles. The molecule has 4 rings (SSSR count). The minimum atomic E-state index is -0.599. The molecule has 2 heterocycles. The number of carbonyl (C=O) groups is 1. The van der Waals surface area contributed by atoms with Crippen molar-refractivity contribution in [3.63, 3.8) is 0 Å². The van der Waals surface area contributed by atoms with Crippen LogP contribution in [0.2, 0.25) is 0 Å². The van der Waals surface area contributed by atoms with E-state index in [1.807, 2.05) is 25.1 Å². The van der Waals surface area contributed by atoms with E-state index in [1.165, 1.54) is 0 Å². The highest BCUT2D eigenvalue weighted by atomic mass is 79.9. The second kappa shape index (κ2) is 11.3. The van der Waals surface area contributed by atoms with Gasteiger partial charge in [-0.05, 0) is 55.7 Å². The first kappa shape index (κ1) is 25.3. The lowest BCUT2D eigenvalue weighted by molar-refractivity contribution is 0.0707. The van der Waals surface area contributed by atoms with Crippen LogP contribution in [0.1, 0.15) is 60.8 Å². The predicted molar refractivity (Wildman–Crippen MR) is 138 cm³/mol. The zero-order chi connectivity index (χ0) is 24.9. The maximum Gasteiger partial charge on any atom is 0.290 e. The number of halogens is 1. The summed E-state index contributed by atoms with van der Waals surface area (Å²) in [5.41, 5.74) is 1.29. The van der Waals surface area contributed by atoms with Crippen molar-refractivity contribution in [3.8, 4) is 11.5 Å². The molecule has 2 aromatic carbocycles. The van der Waals surface area contributed by atoms with Gasteiger partial charge in [0.15, 0.2) is 16.9 Å². The number of nitrogens with zero attached hydrogens (tertiary/aromatic N) is 1. The lowest BCUT2D eigenvalue weighted by Gasteiger charge is -2.26. The van der Waals surface area contributed by atoms with Gasteiger partial charge in [-0.15, -0.1) is 0 Å². The van der Waals surface area contributed by atoms with E-state index >= 15 is 0 Å². The summed E-state index contributed by atoms with van der Waals surface area (Å²) < 4.78 is 23.8. The Morgan fingerprint density at radius 2 is 1.83 bits per heavy atom. The van der Waals surface area contributed by atoms with E-state index in [0.717, 1.165) is 22.9 Å². The number of amides is 1. The number of hydrogen-bond acceptors (Lipinski definition) is 6. The molecular formula is C27H30BrNO6. The Morgan fingerprint density at radius 3 is 2.57 bits per heavy atom. The first-order valence-corrected chi connectivity index (χ1v) is 12.7. The highest BCUT2D eigenvalue weighted by Gasteiger charge is 2.42. The fraction of sp³-hybridized carbons (Fsp3) is 0.407. The molecule has 0 N–H and O–H groups in total. The van der Waals surface area contributed by atoms with E-state index < -0.39 is 6.04 Å². The van der Waals surface area contributed by atoms with E-state index in [0.29, 0.717) is 60.8 Å². The Kier molecular flexibility index (Phi) is 8.13. The number of methoxy groups -OCH3 is 1. The molecular weight excluding hydrogens is 514 g/mol. The summed E-state index contributed by atoms with van der Waals surface area (Å²) in [6.07, 6.45) is 2.59. The summed E-state index contributed by atoms with van der Waals surface area (Å²) in [7, 11) is 1.62. The summed E-state index contributed by atoms with van der Waals surface area (Å²) >= 11 is 3.43. The van der Waals surface area contributed by atoms with E-state index in [2.05, 4.69) is 22.9 Å². The molecule has 1 unspecified atom stereocenters. The van der Waals surface area contributed by atoms with E-state index in [-0.39, 0.29) is 17.1 Å². The van der Waals surface area contributed by atoms with Gasteiger partial charge in [0, 0.05) is 24.7 Å². The lowest BCUT2D eigenvalue weighted by atomic mass is 9.98. The molecule has 7 nitrogen and oxygen atoms in total. The molecule has 0 fully saturated rings. The standard InChI is InChI=1S/C27H30BrNO6/c1-4-6-14-34-21-10-8-17(15-22(21)33-5-2)24-23-25(30)19-16-18(28)9-11-20(19)35-26(23)27(31)29(24)12-7-13-32-3/h8-11,15-16,24H,4-7,12-14H2,1-3H3. The molecule has 0 saturated heterocycles. The predicted octanol–water partition coefficient (Wildman–Crippen LogP) is 5.71. The minimum Gasteiger partial charge on any atom is -0.490 e. The molecule has 1 atom stereocenters. The van der Waals surface area contributed by atoms with Crippen LogP contribution < -0.4 is 14.9 Å². The van der Waals surface area contributed by atoms with Crippen molar-refractivity contribution in [2.75, 3.05) is 33.5 Å². The normalized spacial score (nSPS) is 15.0. The first-order chi connectivity index (χ1) is 17.0. The van der Waals surface area contributed by atoms with Crippen molar-refractivity contribution in [2.24, 2.45) is 0 Å². The van der Waals surface area contributed by atoms with Crippen molar-refractivity contribution < 1.29 is 23.4 Å². The highest BCUT2D eigenvalue weighted by molar-refractivity contribution is 9.10. The van der Waals surface area contributed by atoms with Crippen LogP contribution in [0.25, 0.3) is 11.0 Å². The fourth-order valence-electron chi connectivity index (χ4n) is 4.36. The maximum atomic E-state index is 13.7. The summed E-state index contributed by atoms with van der Waals surface area (Å²) in [5, 5.41) is 0.430.